The molecule has 0 amide bonds. The molecule has 0 atom stereocenters. The zero-order chi connectivity index (χ0) is 18.4. The lowest BCUT2D eigenvalue weighted by Crippen LogP contribution is -2.03. The summed E-state index contributed by atoms with van der Waals surface area (Å²) < 4.78 is 24.0. The average Bonchev–Trinajstić information content (AvgIpc) is 3.14. The highest BCUT2D eigenvalue weighted by molar-refractivity contribution is 5.61. The second kappa shape index (κ2) is 8.26. The number of nitrogens with zero attached hydrogens (tertiary/aromatic N) is 1. The third kappa shape index (κ3) is 4.67. The highest BCUT2D eigenvalue weighted by atomic mass is 19.1. The van der Waals surface area contributed by atoms with E-state index in [9.17, 15) is 14.5 Å². The van der Waals surface area contributed by atoms with Crippen LogP contribution in [0, 0.1) is 15.9 Å². The molecule has 1 heterocycles. The number of furan rings is 1. The molecule has 3 rings (SSSR count). The first-order valence-electron chi connectivity index (χ1n) is 7.97. The van der Waals surface area contributed by atoms with Gasteiger partial charge in [-0.2, -0.15) is 0 Å². The monoisotopic (exact) mass is 356 g/mol. The van der Waals surface area contributed by atoms with E-state index in [4.69, 9.17) is 9.15 Å². The fourth-order valence-corrected chi connectivity index (χ4v) is 2.50. The van der Waals surface area contributed by atoms with Crippen LogP contribution >= 0.6 is 0 Å². The quantitative estimate of drug-likeness (QED) is 0.469. The molecule has 0 aliphatic rings. The van der Waals surface area contributed by atoms with E-state index >= 15 is 0 Å². The van der Waals surface area contributed by atoms with Crippen molar-refractivity contribution < 1.29 is 18.5 Å². The minimum absolute atomic E-state index is 0.274. The maximum Gasteiger partial charge on any atom is 0.295 e. The van der Waals surface area contributed by atoms with Crippen molar-refractivity contribution >= 4 is 11.4 Å². The molecule has 2 aromatic carbocycles. The number of hydrogen-bond donors (Lipinski definition) is 1. The molecule has 0 unspecified atom stereocenters. The van der Waals surface area contributed by atoms with E-state index in [0.29, 0.717) is 19.8 Å². The van der Waals surface area contributed by atoms with Gasteiger partial charge in [-0.25, -0.2) is 4.39 Å². The minimum Gasteiger partial charge on any atom is -0.467 e. The van der Waals surface area contributed by atoms with Gasteiger partial charge in [0.1, 0.15) is 23.9 Å². The number of halogens is 1. The van der Waals surface area contributed by atoms with Crippen molar-refractivity contribution in [3.8, 4) is 0 Å². The van der Waals surface area contributed by atoms with Crippen LogP contribution in [0.2, 0.25) is 0 Å². The van der Waals surface area contributed by atoms with Crippen LogP contribution in [0.4, 0.5) is 15.8 Å². The van der Waals surface area contributed by atoms with E-state index < -0.39 is 10.7 Å². The van der Waals surface area contributed by atoms with Crippen molar-refractivity contribution in [1.82, 2.24) is 0 Å². The molecule has 3 aromatic rings. The molecule has 0 aliphatic carbocycles. The number of anilines is 1. The maximum atomic E-state index is 13.2. The molecule has 0 saturated heterocycles. The lowest BCUT2D eigenvalue weighted by atomic mass is 10.1. The molecule has 134 valence electrons. The van der Waals surface area contributed by atoms with E-state index in [0.717, 1.165) is 23.0 Å². The SMILES string of the molecule is O=[N+]([O-])c1cc(F)ccc1NCc1cccc(COCc2ccco2)c1. The van der Waals surface area contributed by atoms with Gasteiger partial charge in [0.2, 0.25) is 0 Å². The van der Waals surface area contributed by atoms with Gasteiger partial charge >= 0.3 is 0 Å². The van der Waals surface area contributed by atoms with Crippen LogP contribution in [0.25, 0.3) is 0 Å². The van der Waals surface area contributed by atoms with E-state index in [-0.39, 0.29) is 11.4 Å². The Bertz CT molecular complexity index is 881. The van der Waals surface area contributed by atoms with Crippen LogP contribution in [-0.2, 0) is 24.5 Å². The lowest BCUT2D eigenvalue weighted by Gasteiger charge is -2.09. The minimum atomic E-state index is -0.641. The largest absolute Gasteiger partial charge is 0.467 e. The fraction of sp³-hybridized carbons (Fsp3) is 0.158. The molecular weight excluding hydrogens is 339 g/mol. The Labute approximate surface area is 149 Å². The number of nitro groups is 1. The van der Waals surface area contributed by atoms with Crippen molar-refractivity contribution in [3.05, 3.63) is 93.7 Å². The molecule has 0 saturated carbocycles. The Morgan fingerprint density at radius 2 is 1.92 bits per heavy atom. The van der Waals surface area contributed by atoms with E-state index in [1.54, 1.807) is 12.3 Å². The van der Waals surface area contributed by atoms with Gasteiger partial charge in [-0.3, -0.25) is 10.1 Å². The number of rotatable bonds is 8. The van der Waals surface area contributed by atoms with Crippen molar-refractivity contribution in [2.75, 3.05) is 5.32 Å². The average molecular weight is 356 g/mol. The van der Waals surface area contributed by atoms with Crippen LogP contribution in [0.3, 0.4) is 0 Å². The zero-order valence-corrected chi connectivity index (χ0v) is 13.9. The Balaban J connectivity index is 1.59. The second-order valence-electron chi connectivity index (χ2n) is 5.66. The van der Waals surface area contributed by atoms with Crippen molar-refractivity contribution in [1.29, 1.82) is 0 Å². The number of benzene rings is 2. The van der Waals surface area contributed by atoms with E-state index in [1.807, 2.05) is 30.3 Å². The van der Waals surface area contributed by atoms with E-state index in [2.05, 4.69) is 5.32 Å². The van der Waals surface area contributed by atoms with Gasteiger partial charge in [0.25, 0.3) is 5.69 Å². The standard InChI is InChI=1S/C19H17FN2O4/c20-16-6-7-18(19(10-16)22(23)24)21-11-14-3-1-4-15(9-14)12-25-13-17-5-2-8-26-17/h1-10,21H,11-13H2. The van der Waals surface area contributed by atoms with Crippen LogP contribution < -0.4 is 5.32 Å². The third-order valence-electron chi connectivity index (χ3n) is 3.72. The molecule has 0 fully saturated rings. The Morgan fingerprint density at radius 1 is 1.08 bits per heavy atom. The Morgan fingerprint density at radius 3 is 2.69 bits per heavy atom. The smallest absolute Gasteiger partial charge is 0.295 e. The summed E-state index contributed by atoms with van der Waals surface area (Å²) in [6, 6.07) is 14.8. The fourth-order valence-electron chi connectivity index (χ4n) is 2.50. The van der Waals surface area contributed by atoms with Crippen LogP contribution in [0.5, 0.6) is 0 Å². The zero-order valence-electron chi connectivity index (χ0n) is 13.9. The summed E-state index contributed by atoms with van der Waals surface area (Å²) in [6.45, 7) is 1.18. The summed E-state index contributed by atoms with van der Waals surface area (Å²) >= 11 is 0. The second-order valence-corrected chi connectivity index (χ2v) is 5.66. The molecule has 26 heavy (non-hydrogen) atoms. The van der Waals surface area contributed by atoms with Crippen molar-refractivity contribution in [3.63, 3.8) is 0 Å². The normalized spacial score (nSPS) is 10.7. The first-order chi connectivity index (χ1) is 12.6. The first kappa shape index (κ1) is 17.6. The van der Waals surface area contributed by atoms with Gasteiger partial charge in [0.15, 0.2) is 0 Å². The van der Waals surface area contributed by atoms with Gasteiger partial charge < -0.3 is 14.5 Å². The predicted octanol–water partition coefficient (Wildman–Crippen LogP) is 4.66. The summed E-state index contributed by atoms with van der Waals surface area (Å²) in [7, 11) is 0. The molecular formula is C19H17FN2O4. The molecule has 0 spiro atoms. The molecule has 1 aromatic heterocycles. The molecule has 7 heteroatoms. The van der Waals surface area contributed by atoms with E-state index in [1.165, 1.54) is 12.1 Å². The summed E-state index contributed by atoms with van der Waals surface area (Å²) in [6.07, 6.45) is 1.60. The molecule has 6 nitrogen and oxygen atoms in total. The van der Waals surface area contributed by atoms with Crippen LogP contribution in [0.15, 0.2) is 65.3 Å². The number of nitrogens with one attached hydrogen (secondary N) is 1. The van der Waals surface area contributed by atoms with Gasteiger partial charge in [0.05, 0.1) is 23.9 Å². The summed E-state index contributed by atoms with van der Waals surface area (Å²) in [4.78, 5) is 10.4. The van der Waals surface area contributed by atoms with Gasteiger partial charge in [0, 0.05) is 6.54 Å². The van der Waals surface area contributed by atoms with Crippen LogP contribution in [0.1, 0.15) is 16.9 Å². The summed E-state index contributed by atoms with van der Waals surface area (Å²) in [5.41, 5.74) is 1.89. The third-order valence-corrected chi connectivity index (χ3v) is 3.72. The molecule has 0 bridgehead atoms. The van der Waals surface area contributed by atoms with Crippen LogP contribution in [-0.4, -0.2) is 4.92 Å². The predicted molar refractivity (Wildman–Crippen MR) is 94.0 cm³/mol. The maximum absolute atomic E-state index is 13.2. The number of nitro benzene ring substituents is 1. The first-order valence-corrected chi connectivity index (χ1v) is 7.97. The molecule has 0 aliphatic heterocycles. The lowest BCUT2D eigenvalue weighted by molar-refractivity contribution is -0.384. The topological polar surface area (TPSA) is 77.5 Å². The van der Waals surface area contributed by atoms with Gasteiger partial charge in [-0.1, -0.05) is 24.3 Å². The highest BCUT2D eigenvalue weighted by Gasteiger charge is 2.14. The molecule has 1 N–H and O–H groups in total. The Hall–Kier alpha value is -3.19. The van der Waals surface area contributed by atoms with Gasteiger partial charge in [-0.05, 0) is 35.4 Å². The summed E-state index contributed by atoms with van der Waals surface area (Å²) in [5, 5.41) is 14.0. The number of ether oxygens (including phenoxy) is 1. The summed E-state index contributed by atoms with van der Waals surface area (Å²) in [5.74, 6) is 0.115. The Kier molecular flexibility index (Phi) is 5.60. The molecule has 0 radical (unpaired) electrons. The van der Waals surface area contributed by atoms with Crippen molar-refractivity contribution in [2.24, 2.45) is 0 Å². The van der Waals surface area contributed by atoms with Crippen molar-refractivity contribution in [2.45, 2.75) is 19.8 Å². The van der Waals surface area contributed by atoms with Gasteiger partial charge in [-0.15, -0.1) is 0 Å². The highest BCUT2D eigenvalue weighted by Crippen LogP contribution is 2.25. The number of hydrogen-bond acceptors (Lipinski definition) is 5.